The van der Waals surface area contributed by atoms with E-state index in [1.54, 1.807) is 30.2 Å². The second-order valence-electron chi connectivity index (χ2n) is 5.58. The van der Waals surface area contributed by atoms with E-state index in [-0.39, 0.29) is 11.8 Å². The van der Waals surface area contributed by atoms with Crippen LogP contribution in [0.15, 0.2) is 42.6 Å². The van der Waals surface area contributed by atoms with Crippen molar-refractivity contribution in [2.75, 3.05) is 25.5 Å². The first kappa shape index (κ1) is 16.0. The maximum Gasteiger partial charge on any atom is 0.272 e. The Labute approximate surface area is 140 Å². The summed E-state index contributed by atoms with van der Waals surface area (Å²) in [5.74, 6) is 0.144. The molecule has 1 aromatic heterocycles. The van der Waals surface area contributed by atoms with E-state index in [0.29, 0.717) is 22.7 Å². The van der Waals surface area contributed by atoms with Gasteiger partial charge in [-0.1, -0.05) is 12.1 Å². The van der Waals surface area contributed by atoms with E-state index in [1.165, 1.54) is 12.3 Å². The Balaban J connectivity index is 1.78. The van der Waals surface area contributed by atoms with Crippen molar-refractivity contribution in [2.24, 2.45) is 0 Å². The number of nitrogens with one attached hydrogen (secondary N) is 1. The summed E-state index contributed by atoms with van der Waals surface area (Å²) in [6, 6.07) is 10.3. The van der Waals surface area contributed by atoms with Gasteiger partial charge >= 0.3 is 0 Å². The van der Waals surface area contributed by atoms with Crippen molar-refractivity contribution < 1.29 is 14.3 Å². The van der Waals surface area contributed by atoms with Crippen molar-refractivity contribution in [2.45, 2.75) is 12.8 Å². The number of methoxy groups -OCH3 is 1. The number of hydrogen-bond acceptors (Lipinski definition) is 4. The van der Waals surface area contributed by atoms with E-state index in [0.717, 1.165) is 25.9 Å². The van der Waals surface area contributed by atoms with Crippen LogP contribution in [0.5, 0.6) is 5.75 Å². The molecule has 1 fully saturated rings. The Kier molecular flexibility index (Phi) is 4.74. The average molecular weight is 325 g/mol. The lowest BCUT2D eigenvalue weighted by Crippen LogP contribution is -2.28. The zero-order valence-electron chi connectivity index (χ0n) is 13.5. The molecule has 2 amide bonds. The largest absolute Gasteiger partial charge is 0.495 e. The molecule has 24 heavy (non-hydrogen) atoms. The Hall–Kier alpha value is -2.89. The molecule has 1 N–H and O–H groups in total. The molecule has 1 aromatic carbocycles. The first-order chi connectivity index (χ1) is 11.7. The fourth-order valence-electron chi connectivity index (χ4n) is 2.71. The van der Waals surface area contributed by atoms with Crippen molar-refractivity contribution in [3.05, 3.63) is 53.9 Å². The number of benzene rings is 1. The van der Waals surface area contributed by atoms with E-state index in [2.05, 4.69) is 10.3 Å². The number of nitrogens with zero attached hydrogens (tertiary/aromatic N) is 2. The number of likely N-dealkylation sites (tertiary alicyclic amines) is 1. The van der Waals surface area contributed by atoms with Crippen LogP contribution in [-0.2, 0) is 0 Å². The van der Waals surface area contributed by atoms with E-state index >= 15 is 0 Å². The molecule has 3 rings (SSSR count). The molecule has 0 atom stereocenters. The van der Waals surface area contributed by atoms with Crippen LogP contribution in [0.25, 0.3) is 0 Å². The van der Waals surface area contributed by atoms with Crippen molar-refractivity contribution in [3.63, 3.8) is 0 Å². The van der Waals surface area contributed by atoms with Gasteiger partial charge in [-0.05, 0) is 37.1 Å². The summed E-state index contributed by atoms with van der Waals surface area (Å²) in [4.78, 5) is 30.7. The zero-order chi connectivity index (χ0) is 16.9. The van der Waals surface area contributed by atoms with Gasteiger partial charge in [-0.25, -0.2) is 0 Å². The summed E-state index contributed by atoms with van der Waals surface area (Å²) in [6.07, 6.45) is 3.51. The molecule has 0 saturated carbocycles. The van der Waals surface area contributed by atoms with E-state index in [4.69, 9.17) is 4.74 Å². The van der Waals surface area contributed by atoms with Gasteiger partial charge in [0.25, 0.3) is 11.8 Å². The van der Waals surface area contributed by atoms with Gasteiger partial charge in [0.1, 0.15) is 11.4 Å². The van der Waals surface area contributed by atoms with Crippen LogP contribution in [0, 0.1) is 0 Å². The van der Waals surface area contributed by atoms with Gasteiger partial charge in [-0.15, -0.1) is 0 Å². The fraction of sp³-hybridized carbons (Fsp3) is 0.278. The van der Waals surface area contributed by atoms with Gasteiger partial charge in [0, 0.05) is 24.8 Å². The third-order valence-electron chi connectivity index (χ3n) is 3.99. The molecule has 2 heterocycles. The number of hydrogen-bond donors (Lipinski definition) is 1. The molecule has 124 valence electrons. The number of pyridine rings is 1. The van der Waals surface area contributed by atoms with Gasteiger partial charge in [-0.3, -0.25) is 14.6 Å². The maximum atomic E-state index is 12.5. The number of ether oxygens (including phenoxy) is 1. The number of aromatic nitrogens is 1. The Morgan fingerprint density at radius 3 is 2.67 bits per heavy atom. The molecule has 6 nitrogen and oxygen atoms in total. The lowest BCUT2D eigenvalue weighted by molar-refractivity contribution is 0.0787. The van der Waals surface area contributed by atoms with Crippen molar-refractivity contribution in [1.29, 1.82) is 0 Å². The van der Waals surface area contributed by atoms with E-state index < -0.39 is 0 Å². The highest BCUT2D eigenvalue weighted by Crippen LogP contribution is 2.23. The summed E-state index contributed by atoms with van der Waals surface area (Å²) in [5.41, 5.74) is 1.26. The molecular formula is C18H19N3O3. The number of carbonyl (C=O) groups excluding carboxylic acids is 2. The lowest BCUT2D eigenvalue weighted by Gasteiger charge is -2.15. The van der Waals surface area contributed by atoms with Crippen LogP contribution in [0.4, 0.5) is 5.69 Å². The molecule has 1 aliphatic rings. The molecule has 1 saturated heterocycles. The highest BCUT2D eigenvalue weighted by molar-refractivity contribution is 6.06. The third kappa shape index (κ3) is 3.37. The summed E-state index contributed by atoms with van der Waals surface area (Å²) < 4.78 is 5.22. The average Bonchev–Trinajstić information content (AvgIpc) is 3.16. The van der Waals surface area contributed by atoms with E-state index in [1.807, 2.05) is 12.1 Å². The second kappa shape index (κ2) is 7.12. The van der Waals surface area contributed by atoms with Crippen molar-refractivity contribution in [1.82, 2.24) is 9.88 Å². The van der Waals surface area contributed by atoms with Crippen LogP contribution in [0.2, 0.25) is 0 Å². The quantitative estimate of drug-likeness (QED) is 0.938. The molecule has 6 heteroatoms. The molecular weight excluding hydrogens is 306 g/mol. The molecule has 1 aliphatic heterocycles. The van der Waals surface area contributed by atoms with Gasteiger partial charge in [0.2, 0.25) is 0 Å². The van der Waals surface area contributed by atoms with Crippen LogP contribution < -0.4 is 10.1 Å². The summed E-state index contributed by atoms with van der Waals surface area (Å²) in [6.45, 7) is 1.50. The molecule has 0 unspecified atom stereocenters. The Morgan fingerprint density at radius 2 is 1.92 bits per heavy atom. The third-order valence-corrected chi connectivity index (χ3v) is 3.99. The van der Waals surface area contributed by atoms with Gasteiger partial charge in [-0.2, -0.15) is 0 Å². The zero-order valence-corrected chi connectivity index (χ0v) is 13.5. The fourth-order valence-corrected chi connectivity index (χ4v) is 2.71. The molecule has 0 aliphatic carbocycles. The predicted molar refractivity (Wildman–Crippen MR) is 90.3 cm³/mol. The van der Waals surface area contributed by atoms with Gasteiger partial charge < -0.3 is 15.0 Å². The minimum atomic E-state index is -0.308. The van der Waals surface area contributed by atoms with E-state index in [9.17, 15) is 9.59 Å². The molecule has 0 radical (unpaired) electrons. The topological polar surface area (TPSA) is 71.5 Å². The normalized spacial score (nSPS) is 13.6. The first-order valence-corrected chi connectivity index (χ1v) is 7.89. The summed E-state index contributed by atoms with van der Waals surface area (Å²) in [7, 11) is 1.55. The lowest BCUT2D eigenvalue weighted by atomic mass is 10.2. The second-order valence-corrected chi connectivity index (χ2v) is 5.58. The smallest absolute Gasteiger partial charge is 0.272 e. The summed E-state index contributed by atoms with van der Waals surface area (Å²) in [5, 5.41) is 2.80. The van der Waals surface area contributed by atoms with Gasteiger partial charge in [0.15, 0.2) is 0 Å². The van der Waals surface area contributed by atoms with Crippen LogP contribution >= 0.6 is 0 Å². The SMILES string of the molecule is COc1ccccc1NC(=O)c1ccnc(C(=O)N2CCCC2)c1. The monoisotopic (exact) mass is 325 g/mol. The maximum absolute atomic E-state index is 12.5. The minimum absolute atomic E-state index is 0.126. The number of carbonyl (C=O) groups is 2. The number of amides is 2. The molecule has 0 spiro atoms. The van der Waals surface area contributed by atoms with Crippen LogP contribution in [0.3, 0.4) is 0 Å². The standard InChI is InChI=1S/C18H19N3O3/c1-24-16-7-3-2-6-14(16)20-17(22)13-8-9-19-15(12-13)18(23)21-10-4-5-11-21/h2-3,6-9,12H,4-5,10-11H2,1H3,(H,20,22). The van der Waals surface area contributed by atoms with Crippen molar-refractivity contribution in [3.8, 4) is 5.75 Å². The molecule has 0 bridgehead atoms. The van der Waals surface area contributed by atoms with Crippen LogP contribution in [0.1, 0.15) is 33.7 Å². The van der Waals surface area contributed by atoms with Crippen LogP contribution in [-0.4, -0.2) is 41.9 Å². The Morgan fingerprint density at radius 1 is 1.17 bits per heavy atom. The predicted octanol–water partition coefficient (Wildman–Crippen LogP) is 2.58. The van der Waals surface area contributed by atoms with Crippen molar-refractivity contribution >= 4 is 17.5 Å². The highest BCUT2D eigenvalue weighted by Gasteiger charge is 2.21. The number of para-hydroxylation sites is 2. The van der Waals surface area contributed by atoms with Gasteiger partial charge in [0.05, 0.1) is 12.8 Å². The minimum Gasteiger partial charge on any atom is -0.495 e. The highest BCUT2D eigenvalue weighted by atomic mass is 16.5. The first-order valence-electron chi connectivity index (χ1n) is 7.89. The molecule has 2 aromatic rings. The summed E-state index contributed by atoms with van der Waals surface area (Å²) >= 11 is 0. The Bertz CT molecular complexity index is 755. The number of rotatable bonds is 4. The number of anilines is 1.